The van der Waals surface area contributed by atoms with E-state index in [1.165, 1.54) is 17.4 Å². The molecule has 18 heavy (non-hydrogen) atoms. The predicted octanol–water partition coefficient (Wildman–Crippen LogP) is 3.19. The van der Waals surface area contributed by atoms with E-state index >= 15 is 0 Å². The van der Waals surface area contributed by atoms with Crippen molar-refractivity contribution >= 4 is 33.0 Å². The third-order valence-electron chi connectivity index (χ3n) is 2.39. The normalized spacial score (nSPS) is 11.7. The van der Waals surface area contributed by atoms with Crippen molar-refractivity contribution in [2.24, 2.45) is 0 Å². The average Bonchev–Trinajstić information content (AvgIpc) is 2.78. The molecule has 0 aliphatic rings. The van der Waals surface area contributed by atoms with Crippen LogP contribution < -0.4 is 4.72 Å². The highest BCUT2D eigenvalue weighted by atomic mass is 35.5. The van der Waals surface area contributed by atoms with Gasteiger partial charge in [0.1, 0.15) is 4.90 Å². The molecule has 0 bridgehead atoms. The van der Waals surface area contributed by atoms with E-state index in [0.717, 1.165) is 10.4 Å². The van der Waals surface area contributed by atoms with Gasteiger partial charge in [-0.3, -0.25) is 0 Å². The number of hydrogen-bond donors (Lipinski definition) is 1. The summed E-state index contributed by atoms with van der Waals surface area (Å²) in [6, 6.07) is 8.65. The molecule has 0 aliphatic carbocycles. The van der Waals surface area contributed by atoms with Gasteiger partial charge < -0.3 is 0 Å². The molecule has 1 aromatic heterocycles. The zero-order chi connectivity index (χ0) is 13.2. The Balaban J connectivity index is 2.20. The molecule has 96 valence electrons. The maximum absolute atomic E-state index is 12.1. The summed E-state index contributed by atoms with van der Waals surface area (Å²) < 4.78 is 26.7. The van der Waals surface area contributed by atoms with Crippen LogP contribution in [0.5, 0.6) is 0 Å². The van der Waals surface area contributed by atoms with Crippen molar-refractivity contribution in [3.8, 4) is 0 Å². The van der Waals surface area contributed by atoms with Gasteiger partial charge in [-0.25, -0.2) is 13.1 Å². The van der Waals surface area contributed by atoms with E-state index in [1.54, 1.807) is 12.1 Å². The largest absolute Gasteiger partial charge is 0.242 e. The van der Waals surface area contributed by atoms with Crippen LogP contribution in [0.25, 0.3) is 0 Å². The van der Waals surface area contributed by atoms with E-state index in [0.29, 0.717) is 0 Å². The Bertz CT molecular complexity index is 636. The van der Waals surface area contributed by atoms with Crippen molar-refractivity contribution in [2.75, 3.05) is 0 Å². The third-order valence-corrected chi connectivity index (χ3v) is 5.15. The summed E-state index contributed by atoms with van der Waals surface area (Å²) in [5, 5.41) is 2.15. The first-order valence-electron chi connectivity index (χ1n) is 5.27. The van der Waals surface area contributed by atoms with Gasteiger partial charge in [0.2, 0.25) is 10.0 Å². The van der Waals surface area contributed by atoms with Gasteiger partial charge in [0.05, 0.1) is 5.02 Å². The predicted molar refractivity (Wildman–Crippen MR) is 74.5 cm³/mol. The molecule has 1 N–H and O–H groups in total. The van der Waals surface area contributed by atoms with Gasteiger partial charge >= 0.3 is 0 Å². The minimum atomic E-state index is -3.56. The molecule has 1 heterocycles. The van der Waals surface area contributed by atoms with Gasteiger partial charge in [-0.2, -0.15) is 0 Å². The van der Waals surface area contributed by atoms with E-state index in [9.17, 15) is 8.42 Å². The lowest BCUT2D eigenvalue weighted by atomic mass is 10.2. The summed E-state index contributed by atoms with van der Waals surface area (Å²) in [7, 11) is -3.56. The highest BCUT2D eigenvalue weighted by molar-refractivity contribution is 7.89. The molecule has 0 spiro atoms. The van der Waals surface area contributed by atoms with Crippen LogP contribution in [0, 0.1) is 6.92 Å². The van der Waals surface area contributed by atoms with Crippen LogP contribution >= 0.6 is 22.9 Å². The van der Waals surface area contributed by atoms with Crippen LogP contribution in [0.15, 0.2) is 40.6 Å². The molecule has 0 unspecified atom stereocenters. The molecule has 0 saturated carbocycles. The standard InChI is InChI=1S/C12H12ClNO2S2/c1-9-4-5-12(11(13)7-9)18(15,16)14-8-10-3-2-6-17-10/h2-7,14H,8H2,1H3. The molecule has 0 aliphatic heterocycles. The fraction of sp³-hybridized carbons (Fsp3) is 0.167. The summed E-state index contributed by atoms with van der Waals surface area (Å²) >= 11 is 7.46. The van der Waals surface area contributed by atoms with Crippen LogP contribution in [0.1, 0.15) is 10.4 Å². The van der Waals surface area contributed by atoms with Crippen LogP contribution in [0.3, 0.4) is 0 Å². The lowest BCUT2D eigenvalue weighted by Gasteiger charge is -2.08. The number of sulfonamides is 1. The smallest absolute Gasteiger partial charge is 0.207 e. The molecule has 6 heteroatoms. The van der Waals surface area contributed by atoms with E-state index in [2.05, 4.69) is 4.72 Å². The van der Waals surface area contributed by atoms with Gasteiger partial charge in [-0.15, -0.1) is 11.3 Å². The first-order valence-corrected chi connectivity index (χ1v) is 8.01. The van der Waals surface area contributed by atoms with Crippen molar-refractivity contribution in [3.63, 3.8) is 0 Å². The monoisotopic (exact) mass is 301 g/mol. The molecule has 0 fully saturated rings. The second kappa shape index (κ2) is 5.40. The average molecular weight is 302 g/mol. The summed E-state index contributed by atoms with van der Waals surface area (Å²) in [5.41, 5.74) is 0.928. The first-order chi connectivity index (χ1) is 8.49. The number of hydrogen-bond acceptors (Lipinski definition) is 3. The van der Waals surface area contributed by atoms with Gasteiger partial charge in [-0.1, -0.05) is 23.7 Å². The van der Waals surface area contributed by atoms with Crippen LogP contribution in [-0.4, -0.2) is 8.42 Å². The zero-order valence-corrected chi connectivity index (χ0v) is 12.1. The fourth-order valence-electron chi connectivity index (χ4n) is 1.48. The molecule has 2 rings (SSSR count). The topological polar surface area (TPSA) is 46.2 Å². The fourth-order valence-corrected chi connectivity index (χ4v) is 3.82. The van der Waals surface area contributed by atoms with Gasteiger partial charge in [0.25, 0.3) is 0 Å². The van der Waals surface area contributed by atoms with Crippen molar-refractivity contribution < 1.29 is 8.42 Å². The van der Waals surface area contributed by atoms with Gasteiger partial charge in [0.15, 0.2) is 0 Å². The van der Waals surface area contributed by atoms with Gasteiger partial charge in [0, 0.05) is 11.4 Å². The molecular weight excluding hydrogens is 290 g/mol. The van der Waals surface area contributed by atoms with Gasteiger partial charge in [-0.05, 0) is 36.1 Å². The maximum atomic E-state index is 12.1. The molecule has 0 saturated heterocycles. The molecule has 3 nitrogen and oxygen atoms in total. The number of halogens is 1. The van der Waals surface area contributed by atoms with E-state index in [-0.39, 0.29) is 16.5 Å². The Labute approximate surface area is 115 Å². The van der Waals surface area contributed by atoms with Crippen molar-refractivity contribution in [1.82, 2.24) is 4.72 Å². The second-order valence-electron chi connectivity index (χ2n) is 3.84. The maximum Gasteiger partial charge on any atom is 0.242 e. The lowest BCUT2D eigenvalue weighted by Crippen LogP contribution is -2.23. The number of thiophene rings is 1. The summed E-state index contributed by atoms with van der Waals surface area (Å²) in [6.45, 7) is 2.14. The quantitative estimate of drug-likeness (QED) is 0.942. The minimum Gasteiger partial charge on any atom is -0.207 e. The number of aryl methyl sites for hydroxylation is 1. The summed E-state index contributed by atoms with van der Waals surface area (Å²) in [6.07, 6.45) is 0. The third kappa shape index (κ3) is 3.11. The van der Waals surface area contributed by atoms with Crippen molar-refractivity contribution in [1.29, 1.82) is 0 Å². The highest BCUT2D eigenvalue weighted by Crippen LogP contribution is 2.22. The van der Waals surface area contributed by atoms with Crippen molar-refractivity contribution in [2.45, 2.75) is 18.4 Å². The molecular formula is C12H12ClNO2S2. The number of nitrogens with one attached hydrogen (secondary N) is 1. The SMILES string of the molecule is Cc1ccc(S(=O)(=O)NCc2cccs2)c(Cl)c1. The summed E-state index contributed by atoms with van der Waals surface area (Å²) in [4.78, 5) is 1.08. The highest BCUT2D eigenvalue weighted by Gasteiger charge is 2.17. The Morgan fingerprint density at radius 3 is 2.72 bits per heavy atom. The first kappa shape index (κ1) is 13.5. The van der Waals surface area contributed by atoms with Crippen LogP contribution in [0.4, 0.5) is 0 Å². The van der Waals surface area contributed by atoms with Crippen molar-refractivity contribution in [3.05, 3.63) is 51.2 Å². The second-order valence-corrected chi connectivity index (χ2v) is 7.01. The zero-order valence-electron chi connectivity index (χ0n) is 9.68. The Morgan fingerprint density at radius 2 is 2.11 bits per heavy atom. The number of benzene rings is 1. The van der Waals surface area contributed by atoms with Crippen LogP contribution in [-0.2, 0) is 16.6 Å². The molecule has 0 radical (unpaired) electrons. The minimum absolute atomic E-state index is 0.117. The van der Waals surface area contributed by atoms with E-state index < -0.39 is 10.0 Å². The lowest BCUT2D eigenvalue weighted by molar-refractivity contribution is 0.582. The molecule has 0 atom stereocenters. The summed E-state index contributed by atoms with van der Waals surface area (Å²) in [5.74, 6) is 0. The Kier molecular flexibility index (Phi) is 4.07. The van der Waals surface area contributed by atoms with Crippen LogP contribution in [0.2, 0.25) is 5.02 Å². The van der Waals surface area contributed by atoms with E-state index in [1.807, 2.05) is 24.4 Å². The molecule has 1 aromatic carbocycles. The Morgan fingerprint density at radius 1 is 1.33 bits per heavy atom. The Hall–Kier alpha value is -0.880. The van der Waals surface area contributed by atoms with E-state index in [4.69, 9.17) is 11.6 Å². The molecule has 0 amide bonds. The molecule has 2 aromatic rings. The number of rotatable bonds is 4.